The van der Waals surface area contributed by atoms with Crippen molar-refractivity contribution in [1.29, 1.82) is 0 Å². The number of furan rings is 1. The summed E-state index contributed by atoms with van der Waals surface area (Å²) in [5.41, 5.74) is 5.87. The third-order valence-electron chi connectivity index (χ3n) is 5.27. The summed E-state index contributed by atoms with van der Waals surface area (Å²) >= 11 is 0. The summed E-state index contributed by atoms with van der Waals surface area (Å²) in [7, 11) is 0. The van der Waals surface area contributed by atoms with E-state index in [0.717, 1.165) is 23.2 Å². The molecule has 0 radical (unpaired) electrons. The Morgan fingerprint density at radius 2 is 1.50 bits per heavy atom. The molecule has 0 aliphatic rings. The first-order valence-corrected chi connectivity index (χ1v) is 8.61. The first kappa shape index (κ1) is 15.0. The number of hydrogen-bond donors (Lipinski definition) is 0. The highest BCUT2D eigenvalue weighted by atomic mass is 16.3. The molecule has 0 spiro atoms. The van der Waals surface area contributed by atoms with Crippen LogP contribution in [0.3, 0.4) is 0 Å². The van der Waals surface area contributed by atoms with Crippen LogP contribution in [0, 0.1) is 0 Å². The Morgan fingerprint density at radius 3 is 2.25 bits per heavy atom. The van der Waals surface area contributed by atoms with E-state index in [1.165, 1.54) is 21.9 Å². The minimum atomic E-state index is 0.212. The lowest BCUT2D eigenvalue weighted by Gasteiger charge is -2.23. The number of para-hydroxylation sites is 2. The van der Waals surface area contributed by atoms with Crippen molar-refractivity contribution in [3.63, 3.8) is 0 Å². The van der Waals surface area contributed by atoms with Crippen molar-refractivity contribution in [2.45, 2.75) is 32.6 Å². The highest BCUT2D eigenvalue weighted by Gasteiger charge is 2.18. The average Bonchev–Trinajstić information content (AvgIpc) is 3.00. The van der Waals surface area contributed by atoms with Gasteiger partial charge in [-0.2, -0.15) is 0 Å². The van der Waals surface area contributed by atoms with Crippen molar-refractivity contribution in [2.75, 3.05) is 0 Å². The predicted molar refractivity (Wildman–Crippen MR) is 102 cm³/mol. The second-order valence-corrected chi connectivity index (χ2v) is 7.10. The maximum absolute atomic E-state index is 6.16. The quantitative estimate of drug-likeness (QED) is 0.399. The molecule has 0 atom stereocenters. The summed E-state index contributed by atoms with van der Waals surface area (Å²) in [4.78, 5) is 0. The zero-order chi connectivity index (χ0) is 16.7. The van der Waals surface area contributed by atoms with Gasteiger partial charge in [-0.05, 0) is 29.0 Å². The molecule has 0 saturated carbocycles. The molecular formula is C23H22O. The minimum Gasteiger partial charge on any atom is -0.455 e. The third kappa shape index (κ3) is 2.32. The van der Waals surface area contributed by atoms with Crippen molar-refractivity contribution < 1.29 is 4.42 Å². The van der Waals surface area contributed by atoms with Crippen molar-refractivity contribution in [3.05, 3.63) is 72.3 Å². The molecule has 4 rings (SSSR count). The molecule has 0 N–H and O–H groups in total. The summed E-state index contributed by atoms with van der Waals surface area (Å²) in [6, 6.07) is 23.6. The fourth-order valence-corrected chi connectivity index (χ4v) is 3.28. The molecule has 120 valence electrons. The normalized spacial score (nSPS) is 12.1. The first-order chi connectivity index (χ1) is 11.6. The van der Waals surface area contributed by atoms with E-state index in [0.29, 0.717) is 0 Å². The van der Waals surface area contributed by atoms with Gasteiger partial charge in [-0.1, -0.05) is 81.4 Å². The van der Waals surface area contributed by atoms with E-state index in [4.69, 9.17) is 4.42 Å². The topological polar surface area (TPSA) is 13.1 Å². The van der Waals surface area contributed by atoms with Crippen molar-refractivity contribution >= 4 is 21.9 Å². The van der Waals surface area contributed by atoms with Crippen LogP contribution >= 0.6 is 0 Å². The highest BCUT2D eigenvalue weighted by Crippen LogP contribution is 2.36. The fourth-order valence-electron chi connectivity index (χ4n) is 3.28. The van der Waals surface area contributed by atoms with E-state index in [1.54, 1.807) is 0 Å². The summed E-state index contributed by atoms with van der Waals surface area (Å²) in [6.07, 6.45) is 1.13. The fraction of sp³-hybridized carbons (Fsp3) is 0.217. The molecule has 0 amide bonds. The zero-order valence-corrected chi connectivity index (χ0v) is 14.5. The van der Waals surface area contributed by atoms with Crippen LogP contribution in [-0.4, -0.2) is 0 Å². The largest absolute Gasteiger partial charge is 0.455 e. The molecule has 0 unspecified atom stereocenters. The lowest BCUT2D eigenvalue weighted by molar-refractivity contribution is 0.506. The molecule has 1 heterocycles. The minimum absolute atomic E-state index is 0.212. The maximum atomic E-state index is 6.16. The van der Waals surface area contributed by atoms with Crippen LogP contribution in [0.1, 0.15) is 32.8 Å². The van der Waals surface area contributed by atoms with E-state index >= 15 is 0 Å². The van der Waals surface area contributed by atoms with Crippen molar-refractivity contribution in [1.82, 2.24) is 0 Å². The monoisotopic (exact) mass is 314 g/mol. The Morgan fingerprint density at radius 1 is 0.792 bits per heavy atom. The van der Waals surface area contributed by atoms with Crippen molar-refractivity contribution in [3.8, 4) is 11.1 Å². The van der Waals surface area contributed by atoms with E-state index < -0.39 is 0 Å². The van der Waals surface area contributed by atoms with E-state index in [-0.39, 0.29) is 5.41 Å². The van der Waals surface area contributed by atoms with Gasteiger partial charge in [0.1, 0.15) is 11.2 Å². The van der Waals surface area contributed by atoms with Crippen LogP contribution in [0.5, 0.6) is 0 Å². The molecule has 0 aliphatic heterocycles. The zero-order valence-electron chi connectivity index (χ0n) is 14.5. The maximum Gasteiger partial charge on any atom is 0.143 e. The number of hydrogen-bond acceptors (Lipinski definition) is 1. The summed E-state index contributed by atoms with van der Waals surface area (Å²) in [5, 5.41) is 2.36. The van der Waals surface area contributed by atoms with Gasteiger partial charge in [0.15, 0.2) is 0 Å². The molecule has 4 aromatic rings. The molecule has 24 heavy (non-hydrogen) atoms. The summed E-state index contributed by atoms with van der Waals surface area (Å²) in [6.45, 7) is 6.83. The Bertz CT molecular complexity index is 1000. The van der Waals surface area contributed by atoms with Gasteiger partial charge < -0.3 is 4.42 Å². The van der Waals surface area contributed by atoms with Gasteiger partial charge in [-0.25, -0.2) is 0 Å². The molecule has 0 bridgehead atoms. The number of rotatable bonds is 3. The third-order valence-corrected chi connectivity index (χ3v) is 5.27. The molecule has 0 fully saturated rings. The van der Waals surface area contributed by atoms with E-state index in [9.17, 15) is 0 Å². The SMILES string of the molecule is CCC(C)(C)c1ccc(-c2cccc3c2oc2ccccc23)cc1. The summed E-state index contributed by atoms with van der Waals surface area (Å²) < 4.78 is 6.16. The van der Waals surface area contributed by atoms with Crippen LogP contribution in [0.4, 0.5) is 0 Å². The molecule has 0 saturated heterocycles. The molecule has 0 aliphatic carbocycles. The molecule has 1 nitrogen and oxygen atoms in total. The van der Waals surface area contributed by atoms with Crippen LogP contribution in [-0.2, 0) is 5.41 Å². The van der Waals surface area contributed by atoms with Gasteiger partial charge in [-0.3, -0.25) is 0 Å². The second-order valence-electron chi connectivity index (χ2n) is 7.10. The highest BCUT2D eigenvalue weighted by molar-refractivity contribution is 6.09. The van der Waals surface area contributed by atoms with Crippen LogP contribution in [0.15, 0.2) is 71.1 Å². The van der Waals surface area contributed by atoms with Crippen LogP contribution in [0.25, 0.3) is 33.1 Å². The number of fused-ring (bicyclic) bond motifs is 3. The standard InChI is InChI=1S/C23H22O/c1-4-23(2,3)17-14-12-16(13-15-17)18-9-7-10-20-19-8-5-6-11-21(19)24-22(18)20/h5-15H,4H2,1-3H3. The molecule has 3 aromatic carbocycles. The Kier molecular flexibility index (Phi) is 3.45. The lowest BCUT2D eigenvalue weighted by atomic mass is 9.82. The molecule has 1 heteroatoms. The first-order valence-electron chi connectivity index (χ1n) is 8.61. The summed E-state index contributed by atoms with van der Waals surface area (Å²) in [5.74, 6) is 0. The molecule has 1 aromatic heterocycles. The van der Waals surface area contributed by atoms with Gasteiger partial charge in [0, 0.05) is 16.3 Å². The smallest absolute Gasteiger partial charge is 0.143 e. The van der Waals surface area contributed by atoms with Crippen molar-refractivity contribution in [2.24, 2.45) is 0 Å². The Hall–Kier alpha value is -2.54. The van der Waals surface area contributed by atoms with Crippen LogP contribution in [0.2, 0.25) is 0 Å². The van der Waals surface area contributed by atoms with Gasteiger partial charge in [0.05, 0.1) is 0 Å². The predicted octanol–water partition coefficient (Wildman–Crippen LogP) is 6.94. The van der Waals surface area contributed by atoms with Gasteiger partial charge in [-0.15, -0.1) is 0 Å². The average molecular weight is 314 g/mol. The van der Waals surface area contributed by atoms with Crippen LogP contribution < -0.4 is 0 Å². The number of benzene rings is 3. The van der Waals surface area contributed by atoms with E-state index in [1.807, 2.05) is 12.1 Å². The second kappa shape index (κ2) is 5.52. The Labute approximate surface area is 142 Å². The lowest BCUT2D eigenvalue weighted by Crippen LogP contribution is -2.14. The van der Waals surface area contributed by atoms with Gasteiger partial charge in [0.2, 0.25) is 0 Å². The van der Waals surface area contributed by atoms with Gasteiger partial charge in [0.25, 0.3) is 0 Å². The van der Waals surface area contributed by atoms with Gasteiger partial charge >= 0.3 is 0 Å². The Balaban J connectivity index is 1.87. The molecular weight excluding hydrogens is 292 g/mol. The van der Waals surface area contributed by atoms with E-state index in [2.05, 4.69) is 75.4 Å².